The van der Waals surface area contributed by atoms with E-state index in [0.717, 1.165) is 5.56 Å². The standard InChI is InChI=1S/C14H16FN3O/c1-19-14-6-5-10(9-17-14)13(8-16)18-12-4-2-3-11(15)7-12/h2-7,9,13,18H,8,16H2,1H3. The van der Waals surface area contributed by atoms with E-state index in [2.05, 4.69) is 10.3 Å². The molecule has 1 heterocycles. The average molecular weight is 261 g/mol. The van der Waals surface area contributed by atoms with Crippen LogP contribution >= 0.6 is 0 Å². The highest BCUT2D eigenvalue weighted by atomic mass is 19.1. The summed E-state index contributed by atoms with van der Waals surface area (Å²) in [5, 5.41) is 3.18. The minimum Gasteiger partial charge on any atom is -0.481 e. The van der Waals surface area contributed by atoms with Gasteiger partial charge in [0.05, 0.1) is 13.2 Å². The molecule has 0 saturated carbocycles. The molecule has 0 bridgehead atoms. The third-order valence-electron chi connectivity index (χ3n) is 2.77. The predicted molar refractivity (Wildman–Crippen MR) is 72.6 cm³/mol. The normalized spacial score (nSPS) is 11.9. The molecule has 4 nitrogen and oxygen atoms in total. The average Bonchev–Trinajstić information content (AvgIpc) is 2.45. The first-order chi connectivity index (χ1) is 9.22. The molecule has 100 valence electrons. The van der Waals surface area contributed by atoms with Gasteiger partial charge < -0.3 is 15.8 Å². The molecule has 0 fully saturated rings. The summed E-state index contributed by atoms with van der Waals surface area (Å²) in [6.07, 6.45) is 1.70. The molecular weight excluding hydrogens is 245 g/mol. The highest BCUT2D eigenvalue weighted by Gasteiger charge is 2.10. The van der Waals surface area contributed by atoms with Crippen molar-refractivity contribution in [2.75, 3.05) is 19.0 Å². The Balaban J connectivity index is 2.15. The van der Waals surface area contributed by atoms with E-state index in [1.165, 1.54) is 12.1 Å². The lowest BCUT2D eigenvalue weighted by Crippen LogP contribution is -2.20. The number of hydrogen-bond acceptors (Lipinski definition) is 4. The first kappa shape index (κ1) is 13.3. The Kier molecular flexibility index (Phi) is 4.30. The van der Waals surface area contributed by atoms with Crippen molar-refractivity contribution in [2.24, 2.45) is 5.73 Å². The number of ether oxygens (including phenoxy) is 1. The molecule has 19 heavy (non-hydrogen) atoms. The second kappa shape index (κ2) is 6.15. The molecule has 0 aliphatic carbocycles. The SMILES string of the molecule is COc1ccc(C(CN)Nc2cccc(F)c2)cn1. The maximum atomic E-state index is 13.1. The number of benzene rings is 1. The molecule has 0 radical (unpaired) electrons. The Hall–Kier alpha value is -2.14. The van der Waals surface area contributed by atoms with Gasteiger partial charge in [0.25, 0.3) is 0 Å². The van der Waals surface area contributed by atoms with E-state index in [9.17, 15) is 4.39 Å². The Labute approximate surface area is 111 Å². The molecule has 0 aliphatic heterocycles. The molecule has 1 unspecified atom stereocenters. The highest BCUT2D eigenvalue weighted by molar-refractivity contribution is 5.45. The van der Waals surface area contributed by atoms with Gasteiger partial charge in [-0.15, -0.1) is 0 Å². The first-order valence-corrected chi connectivity index (χ1v) is 5.95. The molecule has 2 aromatic rings. The van der Waals surface area contributed by atoms with E-state index < -0.39 is 0 Å². The Morgan fingerprint density at radius 1 is 1.37 bits per heavy atom. The van der Waals surface area contributed by atoms with Crippen LogP contribution in [0.1, 0.15) is 11.6 Å². The number of pyridine rings is 1. The maximum absolute atomic E-state index is 13.1. The lowest BCUT2D eigenvalue weighted by molar-refractivity contribution is 0.397. The topological polar surface area (TPSA) is 60.2 Å². The van der Waals surface area contributed by atoms with Crippen molar-refractivity contribution in [3.8, 4) is 5.88 Å². The van der Waals surface area contributed by atoms with E-state index in [4.69, 9.17) is 10.5 Å². The maximum Gasteiger partial charge on any atom is 0.212 e. The van der Waals surface area contributed by atoms with Crippen LogP contribution in [0, 0.1) is 5.82 Å². The molecular formula is C14H16FN3O. The number of nitrogens with two attached hydrogens (primary N) is 1. The second-order valence-corrected chi connectivity index (χ2v) is 4.08. The first-order valence-electron chi connectivity index (χ1n) is 5.95. The van der Waals surface area contributed by atoms with E-state index in [1.807, 2.05) is 6.07 Å². The van der Waals surface area contributed by atoms with Crippen LogP contribution in [0.15, 0.2) is 42.6 Å². The molecule has 0 aliphatic rings. The van der Waals surface area contributed by atoms with Gasteiger partial charge in [-0.2, -0.15) is 0 Å². The van der Waals surface area contributed by atoms with Crippen LogP contribution < -0.4 is 15.8 Å². The number of rotatable bonds is 5. The number of anilines is 1. The van der Waals surface area contributed by atoms with Gasteiger partial charge in [0.15, 0.2) is 0 Å². The minimum absolute atomic E-state index is 0.125. The van der Waals surface area contributed by atoms with Crippen molar-refractivity contribution in [1.29, 1.82) is 0 Å². The Morgan fingerprint density at radius 2 is 2.21 bits per heavy atom. The van der Waals surface area contributed by atoms with Crippen LogP contribution in [0.4, 0.5) is 10.1 Å². The molecule has 0 saturated heterocycles. The van der Waals surface area contributed by atoms with Crippen molar-refractivity contribution < 1.29 is 9.13 Å². The Bertz CT molecular complexity index is 530. The van der Waals surface area contributed by atoms with Crippen molar-refractivity contribution in [3.05, 3.63) is 54.0 Å². The zero-order chi connectivity index (χ0) is 13.7. The van der Waals surface area contributed by atoms with Gasteiger partial charge in [-0.05, 0) is 23.8 Å². The number of nitrogens with zero attached hydrogens (tertiary/aromatic N) is 1. The molecule has 3 N–H and O–H groups in total. The highest BCUT2D eigenvalue weighted by Crippen LogP contribution is 2.20. The van der Waals surface area contributed by atoms with Gasteiger partial charge in [0, 0.05) is 24.5 Å². The van der Waals surface area contributed by atoms with E-state index >= 15 is 0 Å². The summed E-state index contributed by atoms with van der Waals surface area (Å²) in [6, 6.07) is 9.80. The zero-order valence-corrected chi connectivity index (χ0v) is 10.6. The fraction of sp³-hybridized carbons (Fsp3) is 0.214. The van der Waals surface area contributed by atoms with Gasteiger partial charge in [0.1, 0.15) is 5.82 Å². The lowest BCUT2D eigenvalue weighted by Gasteiger charge is -2.18. The molecule has 1 aromatic heterocycles. The Morgan fingerprint density at radius 3 is 2.79 bits per heavy atom. The van der Waals surface area contributed by atoms with Crippen molar-refractivity contribution in [2.45, 2.75) is 6.04 Å². The largest absolute Gasteiger partial charge is 0.481 e. The summed E-state index contributed by atoms with van der Waals surface area (Å²) in [5.74, 6) is 0.263. The summed E-state index contributed by atoms with van der Waals surface area (Å²) in [7, 11) is 1.56. The fourth-order valence-corrected chi connectivity index (χ4v) is 1.78. The van der Waals surface area contributed by atoms with Gasteiger partial charge >= 0.3 is 0 Å². The van der Waals surface area contributed by atoms with Gasteiger partial charge in [-0.25, -0.2) is 9.37 Å². The third-order valence-corrected chi connectivity index (χ3v) is 2.77. The molecule has 2 rings (SSSR count). The number of halogens is 1. The summed E-state index contributed by atoms with van der Waals surface area (Å²) in [5.41, 5.74) is 7.36. The number of aromatic nitrogens is 1. The van der Waals surface area contributed by atoms with Gasteiger partial charge in [0.2, 0.25) is 5.88 Å². The molecule has 0 amide bonds. The number of methoxy groups -OCH3 is 1. The summed E-state index contributed by atoms with van der Waals surface area (Å²) in [4.78, 5) is 4.13. The lowest BCUT2D eigenvalue weighted by atomic mass is 10.1. The monoisotopic (exact) mass is 261 g/mol. The van der Waals surface area contributed by atoms with Crippen LogP contribution in [-0.4, -0.2) is 18.6 Å². The molecule has 5 heteroatoms. The quantitative estimate of drug-likeness (QED) is 0.867. The van der Waals surface area contributed by atoms with Gasteiger partial charge in [-0.1, -0.05) is 12.1 Å². The van der Waals surface area contributed by atoms with Crippen LogP contribution in [0.5, 0.6) is 5.88 Å². The predicted octanol–water partition coefficient (Wildman–Crippen LogP) is 2.34. The molecule has 1 aromatic carbocycles. The third kappa shape index (κ3) is 3.42. The van der Waals surface area contributed by atoms with E-state index in [1.54, 1.807) is 31.5 Å². The van der Waals surface area contributed by atoms with E-state index in [-0.39, 0.29) is 11.9 Å². The number of nitrogens with one attached hydrogen (secondary N) is 1. The van der Waals surface area contributed by atoms with Crippen LogP contribution in [0.2, 0.25) is 0 Å². The van der Waals surface area contributed by atoms with Crippen LogP contribution in [0.25, 0.3) is 0 Å². The number of hydrogen-bond donors (Lipinski definition) is 2. The fourth-order valence-electron chi connectivity index (χ4n) is 1.78. The van der Waals surface area contributed by atoms with Crippen LogP contribution in [-0.2, 0) is 0 Å². The smallest absolute Gasteiger partial charge is 0.212 e. The minimum atomic E-state index is -0.284. The zero-order valence-electron chi connectivity index (χ0n) is 10.6. The molecule has 0 spiro atoms. The van der Waals surface area contributed by atoms with Crippen LogP contribution in [0.3, 0.4) is 0 Å². The molecule has 1 atom stereocenters. The second-order valence-electron chi connectivity index (χ2n) is 4.08. The van der Waals surface area contributed by atoms with Crippen molar-refractivity contribution in [3.63, 3.8) is 0 Å². The van der Waals surface area contributed by atoms with Gasteiger partial charge in [-0.3, -0.25) is 0 Å². The summed E-state index contributed by atoms with van der Waals surface area (Å²) >= 11 is 0. The summed E-state index contributed by atoms with van der Waals surface area (Å²) < 4.78 is 18.1. The van der Waals surface area contributed by atoms with E-state index in [0.29, 0.717) is 18.1 Å². The van der Waals surface area contributed by atoms with Crippen molar-refractivity contribution >= 4 is 5.69 Å². The van der Waals surface area contributed by atoms with Crippen molar-refractivity contribution in [1.82, 2.24) is 4.98 Å². The summed E-state index contributed by atoms with van der Waals surface area (Å²) in [6.45, 7) is 0.379.